The van der Waals surface area contributed by atoms with E-state index < -0.39 is 5.97 Å². The summed E-state index contributed by atoms with van der Waals surface area (Å²) in [6.45, 7) is 3.16. The van der Waals surface area contributed by atoms with Crippen LogP contribution < -0.4 is 0 Å². The van der Waals surface area contributed by atoms with Gasteiger partial charge in [0.1, 0.15) is 0 Å². The smallest absolute Gasteiger partial charge is 0.329 e. The van der Waals surface area contributed by atoms with E-state index in [1.165, 1.54) is 54.3 Å². The number of esters is 1. The molecule has 0 atom stereocenters. The van der Waals surface area contributed by atoms with Gasteiger partial charge in [0.15, 0.2) is 0 Å². The molecule has 0 saturated carbocycles. The van der Waals surface area contributed by atoms with E-state index in [0.29, 0.717) is 0 Å². The summed E-state index contributed by atoms with van der Waals surface area (Å²) in [5, 5.41) is 5.64. The zero-order valence-corrected chi connectivity index (χ0v) is 14.0. The Morgan fingerprint density at radius 1 is 0.958 bits per heavy atom. The molecule has 122 valence electrons. The molecule has 3 aromatic rings. The van der Waals surface area contributed by atoms with Crippen LogP contribution in [0.3, 0.4) is 0 Å². The van der Waals surface area contributed by atoms with Gasteiger partial charge < -0.3 is 4.74 Å². The van der Waals surface area contributed by atoms with Crippen LogP contribution in [0.5, 0.6) is 0 Å². The van der Waals surface area contributed by atoms with E-state index in [4.69, 9.17) is 0 Å². The Morgan fingerprint density at radius 3 is 2.46 bits per heavy atom. The predicted octanol–water partition coefficient (Wildman–Crippen LogP) is 5.22. The third-order valence-electron chi connectivity index (χ3n) is 4.63. The molecule has 0 spiro atoms. The van der Waals surface area contributed by atoms with Crippen LogP contribution in [-0.2, 0) is 22.4 Å². The van der Waals surface area contributed by atoms with Crippen molar-refractivity contribution in [2.45, 2.75) is 25.7 Å². The molecule has 0 unspecified atom stereocenters. The quantitative estimate of drug-likeness (QED) is 0.349. The Hall–Kier alpha value is -2.61. The molecule has 0 aromatic heterocycles. The van der Waals surface area contributed by atoms with E-state index in [-0.39, 0.29) is 0 Å². The topological polar surface area (TPSA) is 26.3 Å². The lowest BCUT2D eigenvalue weighted by Gasteiger charge is -2.18. The monoisotopic (exact) mass is 318 g/mol. The van der Waals surface area contributed by atoms with Crippen LogP contribution in [0.4, 0.5) is 0 Å². The van der Waals surface area contributed by atoms with Gasteiger partial charge in [-0.15, -0.1) is 0 Å². The highest BCUT2D eigenvalue weighted by molar-refractivity contribution is 6.08. The first kappa shape index (κ1) is 16.3. The molecule has 0 N–H and O–H groups in total. The first-order valence-electron chi connectivity index (χ1n) is 8.37. The van der Waals surface area contributed by atoms with E-state index >= 15 is 0 Å². The Bertz CT molecular complexity index is 893. The van der Waals surface area contributed by atoms with Gasteiger partial charge in [-0.05, 0) is 58.4 Å². The molecule has 0 amide bonds. The summed E-state index contributed by atoms with van der Waals surface area (Å²) in [7, 11) is 1.31. The molecular weight excluding hydrogens is 296 g/mol. The first-order chi connectivity index (χ1) is 11.7. The highest BCUT2D eigenvalue weighted by atomic mass is 16.5. The molecule has 0 heterocycles. The number of ether oxygens (including phenoxy) is 1. The van der Waals surface area contributed by atoms with Crippen molar-refractivity contribution in [2.75, 3.05) is 7.11 Å². The van der Waals surface area contributed by atoms with Crippen molar-refractivity contribution < 1.29 is 9.53 Å². The Morgan fingerprint density at radius 2 is 1.71 bits per heavy atom. The van der Waals surface area contributed by atoms with Gasteiger partial charge in [0.25, 0.3) is 0 Å². The molecule has 0 bridgehead atoms. The number of rotatable bonds is 1. The third-order valence-corrected chi connectivity index (χ3v) is 4.63. The molecule has 0 fully saturated rings. The van der Waals surface area contributed by atoms with E-state index in [9.17, 15) is 4.79 Å². The average molecular weight is 318 g/mol. The zero-order valence-electron chi connectivity index (χ0n) is 14.0. The zero-order chi connectivity index (χ0) is 16.9. The first-order valence-corrected chi connectivity index (χ1v) is 8.37. The lowest BCUT2D eigenvalue weighted by Crippen LogP contribution is -2.02. The number of carbonyl (C=O) groups is 1. The maximum absolute atomic E-state index is 9.84. The van der Waals surface area contributed by atoms with Gasteiger partial charge in [0.05, 0.1) is 7.11 Å². The van der Waals surface area contributed by atoms with Crippen LogP contribution in [-0.4, -0.2) is 13.1 Å². The van der Waals surface area contributed by atoms with E-state index in [1.807, 2.05) is 0 Å². The molecule has 4 rings (SSSR count). The molecule has 0 saturated heterocycles. The number of carbonyl (C=O) groups excluding carboxylic acids is 1. The molecule has 0 radical (unpaired) electrons. The Balaban J connectivity index is 0.000000246. The maximum Gasteiger partial charge on any atom is 0.329 e. The van der Waals surface area contributed by atoms with Crippen molar-refractivity contribution in [3.8, 4) is 0 Å². The normalized spacial score (nSPS) is 12.9. The van der Waals surface area contributed by atoms with Crippen LogP contribution in [0.15, 0.2) is 61.2 Å². The van der Waals surface area contributed by atoms with Gasteiger partial charge in [0.2, 0.25) is 0 Å². The SMILES string of the molecule is C=CC(=O)OC.c1ccc2c(c1)ccc1c3c(ccc12)CCCC3. The molecule has 3 aromatic carbocycles. The fourth-order valence-electron chi connectivity index (χ4n) is 3.43. The third kappa shape index (κ3) is 3.18. The Kier molecular flexibility index (Phi) is 4.95. The number of benzene rings is 3. The van der Waals surface area contributed by atoms with Crippen molar-refractivity contribution in [2.24, 2.45) is 0 Å². The van der Waals surface area contributed by atoms with Gasteiger partial charge in [-0.3, -0.25) is 0 Å². The number of fused-ring (bicyclic) bond motifs is 5. The van der Waals surface area contributed by atoms with Gasteiger partial charge in [-0.1, -0.05) is 55.1 Å². The second kappa shape index (κ2) is 7.31. The van der Waals surface area contributed by atoms with Crippen molar-refractivity contribution in [1.82, 2.24) is 0 Å². The van der Waals surface area contributed by atoms with Crippen molar-refractivity contribution in [3.05, 3.63) is 72.3 Å². The van der Waals surface area contributed by atoms with Crippen LogP contribution in [0.2, 0.25) is 0 Å². The van der Waals surface area contributed by atoms with Crippen LogP contribution in [0.1, 0.15) is 24.0 Å². The van der Waals surface area contributed by atoms with E-state index in [0.717, 1.165) is 6.08 Å². The minimum atomic E-state index is -0.394. The second-order valence-corrected chi connectivity index (χ2v) is 6.02. The fraction of sp³-hybridized carbons (Fsp3) is 0.227. The van der Waals surface area contributed by atoms with Crippen LogP contribution >= 0.6 is 0 Å². The van der Waals surface area contributed by atoms with Crippen molar-refractivity contribution in [3.63, 3.8) is 0 Å². The van der Waals surface area contributed by atoms with E-state index in [1.54, 1.807) is 11.1 Å². The molecule has 2 heteroatoms. The summed E-state index contributed by atoms with van der Waals surface area (Å²) in [6, 6.07) is 18.0. The number of hydrogen-bond acceptors (Lipinski definition) is 2. The Labute approximate surface area is 142 Å². The summed E-state index contributed by atoms with van der Waals surface area (Å²) >= 11 is 0. The van der Waals surface area contributed by atoms with Crippen LogP contribution in [0, 0.1) is 0 Å². The molecule has 1 aliphatic carbocycles. The molecule has 1 aliphatic rings. The standard InChI is InChI=1S/C18H16.C4H6O2/c1-3-7-15-13(5-1)9-11-18-16-8-4-2-6-14(16)10-12-17(15)18;1-3-4(5)6-2/h1,3,5,7,9-12H,2,4,6,8H2;3H,1H2,2H3. The van der Waals surface area contributed by atoms with E-state index in [2.05, 4.69) is 59.8 Å². The van der Waals surface area contributed by atoms with Crippen LogP contribution in [0.25, 0.3) is 21.5 Å². The summed E-state index contributed by atoms with van der Waals surface area (Å²) in [5.41, 5.74) is 3.17. The van der Waals surface area contributed by atoms with Crippen molar-refractivity contribution in [1.29, 1.82) is 0 Å². The lowest BCUT2D eigenvalue weighted by atomic mass is 9.86. The summed E-state index contributed by atoms with van der Waals surface area (Å²) in [5.74, 6) is -0.394. The number of hydrogen-bond donors (Lipinski definition) is 0. The number of aryl methyl sites for hydroxylation is 2. The van der Waals surface area contributed by atoms with Gasteiger partial charge in [-0.25, -0.2) is 4.79 Å². The molecule has 0 aliphatic heterocycles. The second-order valence-electron chi connectivity index (χ2n) is 6.02. The lowest BCUT2D eigenvalue weighted by molar-refractivity contribution is -0.134. The fourth-order valence-corrected chi connectivity index (χ4v) is 3.43. The van der Waals surface area contributed by atoms with Gasteiger partial charge in [-0.2, -0.15) is 0 Å². The largest absolute Gasteiger partial charge is 0.466 e. The average Bonchev–Trinajstić information content (AvgIpc) is 2.67. The summed E-state index contributed by atoms with van der Waals surface area (Å²) < 4.78 is 4.14. The molecular formula is C22H22O2. The maximum atomic E-state index is 9.84. The van der Waals surface area contributed by atoms with Gasteiger partial charge >= 0.3 is 5.97 Å². The summed E-state index contributed by atoms with van der Waals surface area (Å²) in [6.07, 6.45) is 6.33. The molecule has 2 nitrogen and oxygen atoms in total. The minimum Gasteiger partial charge on any atom is -0.466 e. The molecule has 24 heavy (non-hydrogen) atoms. The summed E-state index contributed by atoms with van der Waals surface area (Å²) in [4.78, 5) is 9.84. The van der Waals surface area contributed by atoms with Gasteiger partial charge in [0, 0.05) is 6.08 Å². The van der Waals surface area contributed by atoms with Crippen molar-refractivity contribution >= 4 is 27.5 Å². The highest BCUT2D eigenvalue weighted by Crippen LogP contribution is 2.33. The predicted molar refractivity (Wildman–Crippen MR) is 100 cm³/mol. The number of methoxy groups -OCH3 is 1. The minimum absolute atomic E-state index is 0.394. The highest BCUT2D eigenvalue weighted by Gasteiger charge is 2.13.